The lowest BCUT2D eigenvalue weighted by Crippen LogP contribution is -2.32. The van der Waals surface area contributed by atoms with Gasteiger partial charge in [0.1, 0.15) is 0 Å². The number of aryl methyl sites for hydroxylation is 1. The van der Waals surface area contributed by atoms with Crippen LogP contribution in [0, 0.1) is 6.92 Å². The molecule has 0 atom stereocenters. The van der Waals surface area contributed by atoms with Crippen molar-refractivity contribution in [3.8, 4) is 11.5 Å². The number of fused-ring (bicyclic) bond motifs is 1. The third-order valence-electron chi connectivity index (χ3n) is 4.10. The van der Waals surface area contributed by atoms with Crippen LogP contribution in [-0.4, -0.2) is 30.7 Å². The van der Waals surface area contributed by atoms with E-state index in [4.69, 9.17) is 9.47 Å². The van der Waals surface area contributed by atoms with Gasteiger partial charge in [-0.1, -0.05) is 28.9 Å². The summed E-state index contributed by atoms with van der Waals surface area (Å²) in [5.74, 6) is 1.52. The Balaban J connectivity index is 1.59. The Bertz CT molecular complexity index is 779. The molecule has 0 aliphatic carbocycles. The Morgan fingerprint density at radius 1 is 1.20 bits per heavy atom. The zero-order chi connectivity index (χ0) is 17.8. The number of benzene rings is 2. The Hall–Kier alpha value is -2.05. The summed E-state index contributed by atoms with van der Waals surface area (Å²) in [6.45, 7) is 6.11. The number of carbonyl (C=O) groups is 1. The summed E-state index contributed by atoms with van der Waals surface area (Å²) in [5, 5.41) is 2.96. The van der Waals surface area contributed by atoms with Crippen LogP contribution in [0.4, 0.5) is 5.69 Å². The zero-order valence-corrected chi connectivity index (χ0v) is 15.9. The zero-order valence-electron chi connectivity index (χ0n) is 14.3. The maximum absolute atomic E-state index is 12.3. The van der Waals surface area contributed by atoms with Crippen molar-refractivity contribution in [2.75, 3.05) is 25.2 Å². The number of hydrogen-bond acceptors (Lipinski definition) is 4. The minimum atomic E-state index is -0.0238. The second-order valence-electron chi connectivity index (χ2n) is 6.00. The molecule has 0 spiro atoms. The molecule has 0 bridgehead atoms. The Morgan fingerprint density at radius 3 is 2.76 bits per heavy atom. The van der Waals surface area contributed by atoms with Crippen LogP contribution in [0.5, 0.6) is 11.5 Å². The van der Waals surface area contributed by atoms with Crippen LogP contribution in [0.15, 0.2) is 40.9 Å². The van der Waals surface area contributed by atoms with Crippen molar-refractivity contribution in [1.82, 2.24) is 4.90 Å². The SMILES string of the molecule is CCN(CC(=O)Nc1ccc(Br)c(C)c1)Cc1ccc2c(c1)OCO2. The van der Waals surface area contributed by atoms with E-state index in [0.717, 1.165) is 39.3 Å². The summed E-state index contributed by atoms with van der Waals surface area (Å²) in [6.07, 6.45) is 0. The molecule has 0 saturated carbocycles. The monoisotopic (exact) mass is 404 g/mol. The minimum Gasteiger partial charge on any atom is -0.454 e. The summed E-state index contributed by atoms with van der Waals surface area (Å²) in [4.78, 5) is 14.4. The van der Waals surface area contributed by atoms with Crippen LogP contribution in [-0.2, 0) is 11.3 Å². The van der Waals surface area contributed by atoms with E-state index in [-0.39, 0.29) is 12.7 Å². The first kappa shape index (κ1) is 17.8. The second-order valence-corrected chi connectivity index (χ2v) is 6.86. The van der Waals surface area contributed by atoms with E-state index in [1.165, 1.54) is 0 Å². The fourth-order valence-corrected chi connectivity index (χ4v) is 2.95. The first-order valence-electron chi connectivity index (χ1n) is 8.22. The van der Waals surface area contributed by atoms with Gasteiger partial charge in [0.2, 0.25) is 12.7 Å². The van der Waals surface area contributed by atoms with Crippen LogP contribution in [0.25, 0.3) is 0 Å². The van der Waals surface area contributed by atoms with Crippen molar-refractivity contribution in [2.24, 2.45) is 0 Å². The Morgan fingerprint density at radius 2 is 2.00 bits per heavy atom. The van der Waals surface area contributed by atoms with Crippen molar-refractivity contribution < 1.29 is 14.3 Å². The number of carbonyl (C=O) groups excluding carboxylic acids is 1. The number of ether oxygens (including phenoxy) is 2. The van der Waals surface area contributed by atoms with Crippen molar-refractivity contribution in [3.05, 3.63) is 52.0 Å². The van der Waals surface area contributed by atoms with Gasteiger partial charge >= 0.3 is 0 Å². The molecule has 1 N–H and O–H groups in total. The number of nitrogens with one attached hydrogen (secondary N) is 1. The number of amides is 1. The van der Waals surface area contributed by atoms with E-state index in [2.05, 4.69) is 26.1 Å². The number of likely N-dealkylation sites (N-methyl/N-ethyl adjacent to an activating group) is 1. The first-order valence-corrected chi connectivity index (χ1v) is 9.01. The van der Waals surface area contributed by atoms with Crippen LogP contribution in [0.1, 0.15) is 18.1 Å². The van der Waals surface area contributed by atoms with Crippen LogP contribution < -0.4 is 14.8 Å². The van der Waals surface area contributed by atoms with Crippen molar-refractivity contribution >= 4 is 27.5 Å². The summed E-state index contributed by atoms with van der Waals surface area (Å²) >= 11 is 3.47. The largest absolute Gasteiger partial charge is 0.454 e. The summed E-state index contributed by atoms with van der Waals surface area (Å²) in [7, 11) is 0. The van der Waals surface area contributed by atoms with Gasteiger partial charge in [-0.25, -0.2) is 0 Å². The predicted octanol–water partition coefficient (Wildman–Crippen LogP) is 3.95. The number of rotatable bonds is 6. The average molecular weight is 405 g/mol. The number of anilines is 1. The molecular weight excluding hydrogens is 384 g/mol. The molecule has 1 aliphatic heterocycles. The maximum atomic E-state index is 12.3. The molecule has 1 aliphatic rings. The van der Waals surface area contributed by atoms with Gasteiger partial charge in [0.15, 0.2) is 11.5 Å². The normalized spacial score (nSPS) is 12.5. The molecule has 5 nitrogen and oxygen atoms in total. The first-order chi connectivity index (χ1) is 12.0. The molecule has 2 aromatic carbocycles. The van der Waals surface area contributed by atoms with Gasteiger partial charge in [0.05, 0.1) is 6.54 Å². The van der Waals surface area contributed by atoms with E-state index in [1.807, 2.05) is 50.2 Å². The van der Waals surface area contributed by atoms with Gasteiger partial charge in [-0.15, -0.1) is 0 Å². The molecule has 25 heavy (non-hydrogen) atoms. The molecular formula is C19H21BrN2O3. The fraction of sp³-hybridized carbons (Fsp3) is 0.316. The molecule has 1 heterocycles. The summed E-state index contributed by atoms with van der Waals surface area (Å²) in [6, 6.07) is 11.7. The smallest absolute Gasteiger partial charge is 0.238 e. The quantitative estimate of drug-likeness (QED) is 0.791. The summed E-state index contributed by atoms with van der Waals surface area (Å²) in [5.41, 5.74) is 2.99. The fourth-order valence-electron chi connectivity index (χ4n) is 2.70. The summed E-state index contributed by atoms with van der Waals surface area (Å²) < 4.78 is 11.8. The van der Waals surface area contributed by atoms with Crippen LogP contribution in [0.2, 0.25) is 0 Å². The predicted molar refractivity (Wildman–Crippen MR) is 101 cm³/mol. The molecule has 0 fully saturated rings. The third kappa shape index (κ3) is 4.52. The standard InChI is InChI=1S/C19H21BrN2O3/c1-3-22(10-14-4-7-17-18(9-14)25-12-24-17)11-19(23)21-15-5-6-16(20)13(2)8-15/h4-9H,3,10-12H2,1-2H3,(H,21,23). The van der Waals surface area contributed by atoms with Gasteiger partial charge < -0.3 is 14.8 Å². The Labute approximate surface area is 156 Å². The third-order valence-corrected chi connectivity index (χ3v) is 4.99. The molecule has 2 aromatic rings. The van der Waals surface area contributed by atoms with Crippen LogP contribution >= 0.6 is 15.9 Å². The van der Waals surface area contributed by atoms with Gasteiger partial charge in [-0.2, -0.15) is 0 Å². The highest BCUT2D eigenvalue weighted by molar-refractivity contribution is 9.10. The molecule has 0 saturated heterocycles. The van der Waals surface area contributed by atoms with Gasteiger partial charge in [0.25, 0.3) is 0 Å². The van der Waals surface area contributed by atoms with E-state index >= 15 is 0 Å². The van der Waals surface area contributed by atoms with Gasteiger partial charge in [0, 0.05) is 16.7 Å². The number of hydrogen-bond donors (Lipinski definition) is 1. The lowest BCUT2D eigenvalue weighted by Gasteiger charge is -2.20. The lowest BCUT2D eigenvalue weighted by atomic mass is 10.2. The molecule has 132 valence electrons. The topological polar surface area (TPSA) is 50.8 Å². The molecule has 3 rings (SSSR count). The lowest BCUT2D eigenvalue weighted by molar-refractivity contribution is -0.117. The second kappa shape index (κ2) is 7.89. The number of nitrogens with zero attached hydrogens (tertiary/aromatic N) is 1. The average Bonchev–Trinajstić information content (AvgIpc) is 3.05. The van der Waals surface area contributed by atoms with E-state index < -0.39 is 0 Å². The molecule has 0 radical (unpaired) electrons. The van der Waals surface area contributed by atoms with Crippen LogP contribution in [0.3, 0.4) is 0 Å². The van der Waals surface area contributed by atoms with Gasteiger partial charge in [-0.05, 0) is 54.9 Å². The van der Waals surface area contributed by atoms with Crippen molar-refractivity contribution in [1.29, 1.82) is 0 Å². The van der Waals surface area contributed by atoms with E-state index in [1.54, 1.807) is 0 Å². The molecule has 0 aromatic heterocycles. The molecule has 1 amide bonds. The number of halogens is 1. The maximum Gasteiger partial charge on any atom is 0.238 e. The van der Waals surface area contributed by atoms with Crippen molar-refractivity contribution in [2.45, 2.75) is 20.4 Å². The Kier molecular flexibility index (Phi) is 5.60. The highest BCUT2D eigenvalue weighted by atomic mass is 79.9. The molecule has 6 heteroatoms. The highest BCUT2D eigenvalue weighted by Gasteiger charge is 2.15. The van der Waals surface area contributed by atoms with E-state index in [9.17, 15) is 4.79 Å². The van der Waals surface area contributed by atoms with Gasteiger partial charge in [-0.3, -0.25) is 9.69 Å². The molecule has 0 unspecified atom stereocenters. The van der Waals surface area contributed by atoms with Crippen molar-refractivity contribution in [3.63, 3.8) is 0 Å². The minimum absolute atomic E-state index is 0.0238. The highest BCUT2D eigenvalue weighted by Crippen LogP contribution is 2.32. The van der Waals surface area contributed by atoms with E-state index in [0.29, 0.717) is 13.1 Å².